The van der Waals surface area contributed by atoms with Crippen LogP contribution in [0.2, 0.25) is 0 Å². The van der Waals surface area contributed by atoms with Crippen molar-refractivity contribution < 1.29 is 0 Å². The molecule has 0 radical (unpaired) electrons. The molecule has 20 heavy (non-hydrogen) atoms. The maximum atomic E-state index is 3.77. The smallest absolute Gasteiger partial charge is 0.0294 e. The topological polar surface area (TPSA) is 15.3 Å². The second-order valence-electron chi connectivity index (χ2n) is 6.68. The molecule has 1 aliphatic carbocycles. The van der Waals surface area contributed by atoms with Crippen LogP contribution in [-0.2, 0) is 12.8 Å². The van der Waals surface area contributed by atoms with Crippen molar-refractivity contribution in [1.29, 1.82) is 0 Å². The maximum absolute atomic E-state index is 3.77. The number of fused-ring (bicyclic) bond motifs is 1. The molecule has 1 heterocycles. The minimum atomic E-state index is 0.457. The summed E-state index contributed by atoms with van der Waals surface area (Å²) in [6.45, 7) is 8.40. The number of hydrogen-bond acceptors (Lipinski definition) is 2. The highest BCUT2D eigenvalue weighted by molar-refractivity contribution is 5.36. The monoisotopic (exact) mass is 272 g/mol. The SMILES string of the molecule is CC(CN1CCCC1)NC(C)c1ccc2c(c1)CCC2. The molecule has 110 valence electrons. The van der Waals surface area contributed by atoms with Crippen LogP contribution < -0.4 is 5.32 Å². The first-order valence-corrected chi connectivity index (χ1v) is 8.32. The average molecular weight is 272 g/mol. The molecule has 0 aromatic heterocycles. The lowest BCUT2D eigenvalue weighted by atomic mass is 10.0. The van der Waals surface area contributed by atoms with Gasteiger partial charge in [-0.25, -0.2) is 0 Å². The summed E-state index contributed by atoms with van der Waals surface area (Å²) in [7, 11) is 0. The van der Waals surface area contributed by atoms with Gasteiger partial charge in [0.1, 0.15) is 0 Å². The zero-order valence-corrected chi connectivity index (χ0v) is 13.0. The van der Waals surface area contributed by atoms with Crippen molar-refractivity contribution in [2.75, 3.05) is 19.6 Å². The van der Waals surface area contributed by atoms with Crippen molar-refractivity contribution in [1.82, 2.24) is 10.2 Å². The average Bonchev–Trinajstić information content (AvgIpc) is 3.07. The lowest BCUT2D eigenvalue weighted by Gasteiger charge is -2.25. The Hall–Kier alpha value is -0.860. The predicted molar refractivity (Wildman–Crippen MR) is 85.2 cm³/mol. The first-order valence-electron chi connectivity index (χ1n) is 8.32. The normalized spacial score (nSPS) is 21.9. The molecule has 0 saturated carbocycles. The molecule has 2 atom stereocenters. The van der Waals surface area contributed by atoms with Crippen molar-refractivity contribution in [2.45, 2.75) is 58.0 Å². The molecule has 1 aromatic rings. The van der Waals surface area contributed by atoms with Gasteiger partial charge >= 0.3 is 0 Å². The molecule has 0 amide bonds. The minimum Gasteiger partial charge on any atom is -0.306 e. The molecule has 1 fully saturated rings. The minimum absolute atomic E-state index is 0.457. The quantitative estimate of drug-likeness (QED) is 0.884. The van der Waals surface area contributed by atoms with Gasteiger partial charge in [-0.05, 0) is 75.7 Å². The van der Waals surface area contributed by atoms with Crippen LogP contribution in [-0.4, -0.2) is 30.6 Å². The van der Waals surface area contributed by atoms with Crippen molar-refractivity contribution in [3.8, 4) is 0 Å². The Morgan fingerprint density at radius 3 is 2.60 bits per heavy atom. The van der Waals surface area contributed by atoms with E-state index < -0.39 is 0 Å². The molecule has 2 heteroatoms. The van der Waals surface area contributed by atoms with Gasteiger partial charge in [-0.1, -0.05) is 18.2 Å². The van der Waals surface area contributed by atoms with Crippen LogP contribution in [0.3, 0.4) is 0 Å². The van der Waals surface area contributed by atoms with Crippen LogP contribution in [0.5, 0.6) is 0 Å². The zero-order chi connectivity index (χ0) is 13.9. The van der Waals surface area contributed by atoms with E-state index in [1.165, 1.54) is 57.3 Å². The van der Waals surface area contributed by atoms with Crippen LogP contribution in [0.15, 0.2) is 18.2 Å². The Morgan fingerprint density at radius 1 is 1.05 bits per heavy atom. The van der Waals surface area contributed by atoms with Crippen LogP contribution in [0, 0.1) is 0 Å². The van der Waals surface area contributed by atoms with E-state index in [-0.39, 0.29) is 0 Å². The van der Waals surface area contributed by atoms with Gasteiger partial charge in [0, 0.05) is 18.6 Å². The van der Waals surface area contributed by atoms with Gasteiger partial charge in [-0.3, -0.25) is 0 Å². The maximum Gasteiger partial charge on any atom is 0.0294 e. The Kier molecular flexibility index (Phi) is 4.42. The summed E-state index contributed by atoms with van der Waals surface area (Å²) in [4.78, 5) is 2.59. The summed E-state index contributed by atoms with van der Waals surface area (Å²) >= 11 is 0. The number of nitrogens with zero attached hydrogens (tertiary/aromatic N) is 1. The van der Waals surface area contributed by atoms with E-state index >= 15 is 0 Å². The Labute approximate surface area is 123 Å². The number of likely N-dealkylation sites (tertiary alicyclic amines) is 1. The molecule has 2 aliphatic rings. The number of hydrogen-bond donors (Lipinski definition) is 1. The third kappa shape index (κ3) is 3.24. The molecule has 2 nitrogen and oxygen atoms in total. The highest BCUT2D eigenvalue weighted by atomic mass is 15.2. The summed E-state index contributed by atoms with van der Waals surface area (Å²) < 4.78 is 0. The molecule has 0 bridgehead atoms. The third-order valence-electron chi connectivity index (χ3n) is 4.89. The molecule has 1 aliphatic heterocycles. The predicted octanol–water partition coefficient (Wildman–Crippen LogP) is 3.31. The number of benzene rings is 1. The lowest BCUT2D eigenvalue weighted by molar-refractivity contribution is 0.289. The summed E-state index contributed by atoms with van der Waals surface area (Å²) in [6, 6.07) is 8.13. The lowest BCUT2D eigenvalue weighted by Crippen LogP contribution is -2.39. The van der Waals surface area contributed by atoms with E-state index in [0.717, 1.165) is 0 Å². The molecule has 3 rings (SSSR count). The molecule has 1 saturated heterocycles. The molecule has 1 aromatic carbocycles. The van der Waals surface area contributed by atoms with Gasteiger partial charge in [0.05, 0.1) is 0 Å². The van der Waals surface area contributed by atoms with Crippen molar-refractivity contribution in [3.63, 3.8) is 0 Å². The standard InChI is InChI=1S/C18H28N2/c1-14(13-20-10-3-4-11-20)19-15(2)17-9-8-16-6-5-7-18(16)12-17/h8-9,12,14-15,19H,3-7,10-11,13H2,1-2H3. The summed E-state index contributed by atoms with van der Waals surface area (Å²) in [5.41, 5.74) is 4.62. The van der Waals surface area contributed by atoms with E-state index in [2.05, 4.69) is 42.3 Å². The number of aryl methyl sites for hydroxylation is 2. The van der Waals surface area contributed by atoms with Gasteiger partial charge in [-0.15, -0.1) is 0 Å². The first-order chi connectivity index (χ1) is 9.72. The molecule has 0 spiro atoms. The first kappa shape index (κ1) is 14.1. The van der Waals surface area contributed by atoms with Gasteiger partial charge < -0.3 is 10.2 Å². The Morgan fingerprint density at radius 2 is 1.80 bits per heavy atom. The number of rotatable bonds is 5. The fourth-order valence-corrected chi connectivity index (χ4v) is 3.79. The van der Waals surface area contributed by atoms with Crippen LogP contribution in [0.25, 0.3) is 0 Å². The third-order valence-corrected chi connectivity index (χ3v) is 4.89. The van der Waals surface area contributed by atoms with Crippen molar-refractivity contribution >= 4 is 0 Å². The summed E-state index contributed by atoms with van der Waals surface area (Å²) in [6.07, 6.45) is 6.66. The second-order valence-corrected chi connectivity index (χ2v) is 6.68. The van der Waals surface area contributed by atoms with E-state index in [0.29, 0.717) is 12.1 Å². The Bertz CT molecular complexity index is 449. The highest BCUT2D eigenvalue weighted by Gasteiger charge is 2.17. The number of nitrogens with one attached hydrogen (secondary N) is 1. The molecule has 2 unspecified atom stereocenters. The zero-order valence-electron chi connectivity index (χ0n) is 13.0. The van der Waals surface area contributed by atoms with Crippen molar-refractivity contribution in [2.24, 2.45) is 0 Å². The van der Waals surface area contributed by atoms with Gasteiger partial charge in [0.2, 0.25) is 0 Å². The summed E-state index contributed by atoms with van der Waals surface area (Å²) in [5, 5.41) is 3.77. The van der Waals surface area contributed by atoms with Crippen LogP contribution >= 0.6 is 0 Å². The van der Waals surface area contributed by atoms with E-state index in [9.17, 15) is 0 Å². The van der Waals surface area contributed by atoms with Crippen LogP contribution in [0.1, 0.15) is 55.8 Å². The molecular weight excluding hydrogens is 244 g/mol. The van der Waals surface area contributed by atoms with Crippen LogP contribution in [0.4, 0.5) is 0 Å². The fraction of sp³-hybridized carbons (Fsp3) is 0.667. The fourth-order valence-electron chi connectivity index (χ4n) is 3.79. The molecule has 1 N–H and O–H groups in total. The van der Waals surface area contributed by atoms with E-state index in [4.69, 9.17) is 0 Å². The van der Waals surface area contributed by atoms with Gasteiger partial charge in [0.15, 0.2) is 0 Å². The summed E-state index contributed by atoms with van der Waals surface area (Å²) in [5.74, 6) is 0. The van der Waals surface area contributed by atoms with Gasteiger partial charge in [-0.2, -0.15) is 0 Å². The Balaban J connectivity index is 1.56. The van der Waals surface area contributed by atoms with Crippen molar-refractivity contribution in [3.05, 3.63) is 34.9 Å². The van der Waals surface area contributed by atoms with E-state index in [1.54, 1.807) is 11.1 Å². The van der Waals surface area contributed by atoms with Gasteiger partial charge in [0.25, 0.3) is 0 Å². The second kappa shape index (κ2) is 6.28. The highest BCUT2D eigenvalue weighted by Crippen LogP contribution is 2.25. The molecular formula is C18H28N2. The largest absolute Gasteiger partial charge is 0.306 e. The van der Waals surface area contributed by atoms with E-state index in [1.807, 2.05) is 0 Å².